The van der Waals surface area contributed by atoms with Gasteiger partial charge in [0.2, 0.25) is 0 Å². The van der Waals surface area contributed by atoms with E-state index in [9.17, 15) is 9.90 Å². The Labute approximate surface area is 95.7 Å². The molecule has 16 heavy (non-hydrogen) atoms. The molecule has 0 aliphatic heterocycles. The SMILES string of the molecule is CC.CC(=O)[C@@H](N)Cc1ccc(O)c(O)c1. The lowest BCUT2D eigenvalue weighted by atomic mass is 10.0. The van der Waals surface area contributed by atoms with Crippen LogP contribution in [0.4, 0.5) is 0 Å². The zero-order valence-electron chi connectivity index (χ0n) is 9.90. The van der Waals surface area contributed by atoms with Crippen molar-refractivity contribution in [2.24, 2.45) is 5.73 Å². The second-order valence-corrected chi connectivity index (χ2v) is 3.24. The minimum atomic E-state index is -0.557. The lowest BCUT2D eigenvalue weighted by Crippen LogP contribution is -2.30. The van der Waals surface area contributed by atoms with E-state index in [0.29, 0.717) is 6.42 Å². The standard InChI is InChI=1S/C10H13NO3.C2H6/c1-6(12)8(11)4-7-2-3-9(13)10(14)5-7;1-2/h2-3,5,8,13-14H,4,11H2,1H3;1-2H3/t8-;/m0./s1. The number of phenols is 2. The van der Waals surface area contributed by atoms with Crippen LogP contribution in [0.15, 0.2) is 18.2 Å². The minimum Gasteiger partial charge on any atom is -0.504 e. The van der Waals surface area contributed by atoms with Crippen molar-refractivity contribution in [2.75, 3.05) is 0 Å². The van der Waals surface area contributed by atoms with Crippen LogP contribution in [-0.4, -0.2) is 22.0 Å². The lowest BCUT2D eigenvalue weighted by Gasteiger charge is -2.08. The van der Waals surface area contributed by atoms with E-state index in [1.54, 1.807) is 6.07 Å². The molecule has 1 aromatic carbocycles. The molecule has 1 rings (SSSR count). The molecular formula is C12H19NO3. The Hall–Kier alpha value is -1.55. The van der Waals surface area contributed by atoms with Gasteiger partial charge in [-0.05, 0) is 31.0 Å². The first kappa shape index (κ1) is 14.5. The maximum Gasteiger partial charge on any atom is 0.157 e. The summed E-state index contributed by atoms with van der Waals surface area (Å²) in [5.74, 6) is -0.471. The van der Waals surface area contributed by atoms with E-state index in [0.717, 1.165) is 5.56 Å². The van der Waals surface area contributed by atoms with Crippen molar-refractivity contribution in [2.45, 2.75) is 33.2 Å². The average molecular weight is 225 g/mol. The number of carbonyl (C=O) groups excluding carboxylic acids is 1. The first-order valence-electron chi connectivity index (χ1n) is 5.27. The van der Waals surface area contributed by atoms with Crippen molar-refractivity contribution in [3.8, 4) is 11.5 Å². The molecule has 0 aliphatic carbocycles. The van der Waals surface area contributed by atoms with Gasteiger partial charge in [-0.15, -0.1) is 0 Å². The normalized spacial score (nSPS) is 11.2. The fraction of sp³-hybridized carbons (Fsp3) is 0.417. The molecule has 4 heteroatoms. The Morgan fingerprint density at radius 2 is 1.88 bits per heavy atom. The number of benzene rings is 1. The average Bonchev–Trinajstić information content (AvgIpc) is 2.26. The maximum atomic E-state index is 10.9. The lowest BCUT2D eigenvalue weighted by molar-refractivity contribution is -0.118. The summed E-state index contributed by atoms with van der Waals surface area (Å²) in [6.45, 7) is 5.42. The van der Waals surface area contributed by atoms with Crippen molar-refractivity contribution in [1.29, 1.82) is 0 Å². The Morgan fingerprint density at radius 3 is 2.31 bits per heavy atom. The third-order valence-electron chi connectivity index (χ3n) is 2.02. The van der Waals surface area contributed by atoms with Crippen molar-refractivity contribution in [1.82, 2.24) is 0 Å². The fourth-order valence-electron chi connectivity index (χ4n) is 1.09. The third kappa shape index (κ3) is 4.31. The zero-order valence-corrected chi connectivity index (χ0v) is 9.90. The predicted molar refractivity (Wildman–Crippen MR) is 63.5 cm³/mol. The number of ketones is 1. The number of aromatic hydroxyl groups is 2. The summed E-state index contributed by atoms with van der Waals surface area (Å²) >= 11 is 0. The van der Waals surface area contributed by atoms with Crippen LogP contribution in [0.25, 0.3) is 0 Å². The Balaban J connectivity index is 0.00000106. The van der Waals surface area contributed by atoms with Crippen molar-refractivity contribution in [3.05, 3.63) is 23.8 Å². The van der Waals surface area contributed by atoms with Crippen LogP contribution in [0.2, 0.25) is 0 Å². The minimum absolute atomic E-state index is 0.0995. The highest BCUT2D eigenvalue weighted by molar-refractivity contribution is 5.81. The van der Waals surface area contributed by atoms with Gasteiger partial charge in [-0.3, -0.25) is 4.79 Å². The Kier molecular flexibility index (Phi) is 6.18. The van der Waals surface area contributed by atoms with Crippen molar-refractivity contribution >= 4 is 5.78 Å². The second kappa shape index (κ2) is 6.85. The molecule has 0 heterocycles. The van der Waals surface area contributed by atoms with Crippen LogP contribution in [-0.2, 0) is 11.2 Å². The number of phenolic OH excluding ortho intramolecular Hbond substituents is 2. The molecule has 4 N–H and O–H groups in total. The number of carbonyl (C=O) groups is 1. The number of hydrogen-bond acceptors (Lipinski definition) is 4. The predicted octanol–water partition coefficient (Wildman–Crippen LogP) is 1.58. The molecule has 0 aliphatic rings. The van der Waals surface area contributed by atoms with Crippen molar-refractivity contribution < 1.29 is 15.0 Å². The molecule has 0 radical (unpaired) electrons. The number of rotatable bonds is 3. The van der Waals surface area contributed by atoms with E-state index in [4.69, 9.17) is 10.8 Å². The topological polar surface area (TPSA) is 83.6 Å². The van der Waals surface area contributed by atoms with Crippen LogP contribution in [0, 0.1) is 0 Å². The number of Topliss-reactive ketones (excluding diaryl/α,β-unsaturated/α-hetero) is 1. The van der Waals surface area contributed by atoms with Gasteiger partial charge in [0.15, 0.2) is 11.5 Å². The summed E-state index contributed by atoms with van der Waals surface area (Å²) in [7, 11) is 0. The molecular weight excluding hydrogens is 206 g/mol. The summed E-state index contributed by atoms with van der Waals surface area (Å²) in [6.07, 6.45) is 0.364. The number of hydrogen-bond donors (Lipinski definition) is 3. The largest absolute Gasteiger partial charge is 0.504 e. The molecule has 0 unspecified atom stereocenters. The summed E-state index contributed by atoms with van der Waals surface area (Å²) in [4.78, 5) is 10.9. The molecule has 1 aromatic rings. The summed E-state index contributed by atoms with van der Waals surface area (Å²) in [6, 6.07) is 3.84. The molecule has 0 amide bonds. The highest BCUT2D eigenvalue weighted by atomic mass is 16.3. The molecule has 0 fully saturated rings. The Morgan fingerprint density at radius 1 is 1.31 bits per heavy atom. The molecule has 4 nitrogen and oxygen atoms in total. The first-order chi connectivity index (χ1) is 7.50. The fourth-order valence-corrected chi connectivity index (χ4v) is 1.09. The summed E-state index contributed by atoms with van der Waals surface area (Å²) in [5.41, 5.74) is 6.27. The van der Waals surface area contributed by atoms with E-state index in [1.807, 2.05) is 13.8 Å². The molecule has 0 bridgehead atoms. The molecule has 0 spiro atoms. The first-order valence-corrected chi connectivity index (χ1v) is 5.27. The molecule has 0 aromatic heterocycles. The van der Waals surface area contributed by atoms with Gasteiger partial charge in [0.25, 0.3) is 0 Å². The van der Waals surface area contributed by atoms with Gasteiger partial charge in [-0.25, -0.2) is 0 Å². The summed E-state index contributed by atoms with van der Waals surface area (Å²) < 4.78 is 0. The van der Waals surface area contributed by atoms with Crippen molar-refractivity contribution in [3.63, 3.8) is 0 Å². The molecule has 90 valence electrons. The molecule has 0 saturated heterocycles. The van der Waals surface area contributed by atoms with Crippen LogP contribution < -0.4 is 5.73 Å². The number of nitrogens with two attached hydrogens (primary N) is 1. The smallest absolute Gasteiger partial charge is 0.157 e. The van der Waals surface area contributed by atoms with Gasteiger partial charge in [-0.2, -0.15) is 0 Å². The van der Waals surface area contributed by atoms with Crippen LogP contribution in [0.1, 0.15) is 26.3 Å². The van der Waals surface area contributed by atoms with Crippen LogP contribution >= 0.6 is 0 Å². The van der Waals surface area contributed by atoms with Gasteiger partial charge in [0.1, 0.15) is 5.78 Å². The van der Waals surface area contributed by atoms with Crippen LogP contribution in [0.5, 0.6) is 11.5 Å². The van der Waals surface area contributed by atoms with Gasteiger partial charge in [-0.1, -0.05) is 19.9 Å². The van der Waals surface area contributed by atoms with Crippen LogP contribution in [0.3, 0.4) is 0 Å². The zero-order chi connectivity index (χ0) is 12.7. The van der Waals surface area contributed by atoms with E-state index in [1.165, 1.54) is 19.1 Å². The quantitative estimate of drug-likeness (QED) is 0.682. The molecule has 0 saturated carbocycles. The van der Waals surface area contributed by atoms with E-state index < -0.39 is 6.04 Å². The Bertz CT molecular complexity index is 350. The van der Waals surface area contributed by atoms with E-state index in [-0.39, 0.29) is 17.3 Å². The highest BCUT2D eigenvalue weighted by Crippen LogP contribution is 2.25. The third-order valence-corrected chi connectivity index (χ3v) is 2.02. The second-order valence-electron chi connectivity index (χ2n) is 3.24. The van der Waals surface area contributed by atoms with E-state index >= 15 is 0 Å². The van der Waals surface area contributed by atoms with Gasteiger partial charge in [0.05, 0.1) is 6.04 Å². The highest BCUT2D eigenvalue weighted by Gasteiger charge is 2.10. The van der Waals surface area contributed by atoms with Gasteiger partial charge < -0.3 is 15.9 Å². The summed E-state index contributed by atoms with van der Waals surface area (Å²) in [5, 5.41) is 18.2. The van der Waals surface area contributed by atoms with Gasteiger partial charge >= 0.3 is 0 Å². The monoisotopic (exact) mass is 225 g/mol. The molecule has 1 atom stereocenters. The van der Waals surface area contributed by atoms with E-state index in [2.05, 4.69) is 0 Å². The van der Waals surface area contributed by atoms with Gasteiger partial charge in [0, 0.05) is 0 Å². The maximum absolute atomic E-state index is 10.9.